The fourth-order valence-electron chi connectivity index (χ4n) is 3.15. The number of fused-ring (bicyclic) bond motifs is 1. The van der Waals surface area contributed by atoms with E-state index >= 15 is 0 Å². The van der Waals surface area contributed by atoms with Crippen LogP contribution in [0.4, 0.5) is 0 Å². The molecule has 0 spiro atoms. The number of nitrogens with two attached hydrogens (primary N) is 2. The molecule has 4 rings (SSSR count). The van der Waals surface area contributed by atoms with Crippen LogP contribution in [0.1, 0.15) is 0 Å². The third-order valence-electron chi connectivity index (χ3n) is 4.59. The van der Waals surface area contributed by atoms with Crippen molar-refractivity contribution in [3.05, 3.63) is 73.2 Å². The van der Waals surface area contributed by atoms with Crippen LogP contribution in [0, 0.1) is 0 Å². The highest BCUT2D eigenvalue weighted by Crippen LogP contribution is 2.32. The Hall–Kier alpha value is -3.18. The predicted molar refractivity (Wildman–Crippen MR) is 113 cm³/mol. The summed E-state index contributed by atoms with van der Waals surface area (Å²) in [6.07, 6.45) is 4.35. The van der Waals surface area contributed by atoms with Crippen molar-refractivity contribution in [1.29, 1.82) is 0 Å². The van der Waals surface area contributed by atoms with Crippen molar-refractivity contribution in [2.45, 2.75) is 9.79 Å². The van der Waals surface area contributed by atoms with E-state index in [0.29, 0.717) is 22.2 Å². The van der Waals surface area contributed by atoms with E-state index in [1.165, 1.54) is 30.6 Å². The normalized spacial score (nSPS) is 12.2. The Labute approximate surface area is 173 Å². The maximum absolute atomic E-state index is 11.7. The van der Waals surface area contributed by atoms with E-state index in [4.69, 9.17) is 10.3 Å². The van der Waals surface area contributed by atoms with Crippen LogP contribution in [0.5, 0.6) is 0 Å². The number of aromatic nitrogens is 2. The topological polar surface area (TPSA) is 146 Å². The van der Waals surface area contributed by atoms with Gasteiger partial charge in [0.05, 0.1) is 10.4 Å². The Kier molecular flexibility index (Phi) is 4.86. The number of sulfonamides is 2. The maximum atomic E-state index is 11.7. The van der Waals surface area contributed by atoms with E-state index in [9.17, 15) is 16.8 Å². The van der Waals surface area contributed by atoms with Crippen molar-refractivity contribution < 1.29 is 16.8 Å². The van der Waals surface area contributed by atoms with Crippen molar-refractivity contribution in [2.75, 3.05) is 0 Å². The molecule has 0 amide bonds. The molecule has 0 saturated carbocycles. The number of primary sulfonamides is 2. The summed E-state index contributed by atoms with van der Waals surface area (Å²) in [5, 5.41) is 11.2. The smallest absolute Gasteiger partial charge is 0.239 e. The van der Waals surface area contributed by atoms with Crippen LogP contribution in [0.2, 0.25) is 0 Å². The zero-order chi connectivity index (χ0) is 21.5. The Morgan fingerprint density at radius 3 is 2.17 bits per heavy atom. The van der Waals surface area contributed by atoms with Gasteiger partial charge in [-0.2, -0.15) is 0 Å². The SMILES string of the molecule is NS(=O)(=O)c1cncc(-c2ccc3nccc(-c4cccc(S(N)(=O)=O)c4)c3c2)c1. The molecule has 0 aliphatic heterocycles. The number of hydrogen-bond acceptors (Lipinski definition) is 6. The minimum Gasteiger partial charge on any atom is -0.263 e. The second kappa shape index (κ2) is 7.26. The molecule has 152 valence electrons. The molecular formula is C20H16N4O4S2. The molecule has 0 aliphatic carbocycles. The summed E-state index contributed by atoms with van der Waals surface area (Å²) < 4.78 is 46.8. The molecule has 0 radical (unpaired) electrons. The lowest BCUT2D eigenvalue weighted by atomic mass is 9.98. The summed E-state index contributed by atoms with van der Waals surface area (Å²) in [6, 6.07) is 15.0. The molecule has 4 aromatic rings. The summed E-state index contributed by atoms with van der Waals surface area (Å²) >= 11 is 0. The van der Waals surface area contributed by atoms with Crippen LogP contribution < -0.4 is 10.3 Å². The molecule has 0 saturated heterocycles. The van der Waals surface area contributed by atoms with Crippen molar-refractivity contribution in [2.24, 2.45) is 10.3 Å². The first-order valence-corrected chi connectivity index (χ1v) is 11.7. The Morgan fingerprint density at radius 1 is 0.700 bits per heavy atom. The van der Waals surface area contributed by atoms with Gasteiger partial charge in [0.25, 0.3) is 0 Å². The van der Waals surface area contributed by atoms with Gasteiger partial charge < -0.3 is 0 Å². The van der Waals surface area contributed by atoms with Crippen LogP contribution in [0.3, 0.4) is 0 Å². The fourth-order valence-corrected chi connectivity index (χ4v) is 4.21. The van der Waals surface area contributed by atoms with Crippen LogP contribution in [0.25, 0.3) is 33.2 Å². The quantitative estimate of drug-likeness (QED) is 0.498. The zero-order valence-corrected chi connectivity index (χ0v) is 17.1. The van der Waals surface area contributed by atoms with Crippen LogP contribution >= 0.6 is 0 Å². The zero-order valence-electron chi connectivity index (χ0n) is 15.4. The molecule has 2 aromatic heterocycles. The minimum atomic E-state index is -3.89. The summed E-state index contributed by atoms with van der Waals surface area (Å²) in [4.78, 5) is 8.24. The third kappa shape index (κ3) is 3.94. The number of nitrogens with zero attached hydrogens (tertiary/aromatic N) is 2. The lowest BCUT2D eigenvalue weighted by Crippen LogP contribution is -2.12. The molecule has 0 aliphatic rings. The molecule has 10 heteroatoms. The van der Waals surface area contributed by atoms with E-state index in [1.54, 1.807) is 36.5 Å². The lowest BCUT2D eigenvalue weighted by Gasteiger charge is -2.10. The van der Waals surface area contributed by atoms with Crippen molar-refractivity contribution in [3.8, 4) is 22.3 Å². The summed E-state index contributed by atoms with van der Waals surface area (Å²) in [6.45, 7) is 0. The van der Waals surface area contributed by atoms with Crippen LogP contribution in [-0.2, 0) is 20.0 Å². The minimum absolute atomic E-state index is 0.00571. The van der Waals surface area contributed by atoms with E-state index in [0.717, 1.165) is 10.9 Å². The first-order chi connectivity index (χ1) is 14.1. The van der Waals surface area contributed by atoms with Crippen LogP contribution in [0.15, 0.2) is 83.0 Å². The predicted octanol–water partition coefficient (Wildman–Crippen LogP) is 2.26. The van der Waals surface area contributed by atoms with Gasteiger partial charge in [-0.1, -0.05) is 18.2 Å². The average Bonchev–Trinajstić information content (AvgIpc) is 2.72. The summed E-state index contributed by atoms with van der Waals surface area (Å²) in [5.74, 6) is 0. The van der Waals surface area contributed by atoms with Gasteiger partial charge in [0.15, 0.2) is 0 Å². The second-order valence-electron chi connectivity index (χ2n) is 6.62. The van der Waals surface area contributed by atoms with Gasteiger partial charge in [0.2, 0.25) is 20.0 Å². The molecule has 0 bridgehead atoms. The Balaban J connectivity index is 1.91. The molecule has 0 fully saturated rings. The highest BCUT2D eigenvalue weighted by Gasteiger charge is 2.13. The second-order valence-corrected chi connectivity index (χ2v) is 9.74. The lowest BCUT2D eigenvalue weighted by molar-refractivity contribution is 0.596. The van der Waals surface area contributed by atoms with E-state index in [2.05, 4.69) is 9.97 Å². The van der Waals surface area contributed by atoms with Gasteiger partial charge in [0, 0.05) is 29.5 Å². The summed E-state index contributed by atoms with van der Waals surface area (Å²) in [7, 11) is -7.74. The van der Waals surface area contributed by atoms with Crippen LogP contribution in [-0.4, -0.2) is 26.8 Å². The molecular weight excluding hydrogens is 424 g/mol. The first kappa shape index (κ1) is 20.1. The van der Waals surface area contributed by atoms with Gasteiger partial charge in [-0.25, -0.2) is 27.1 Å². The number of benzene rings is 2. The van der Waals surface area contributed by atoms with E-state index in [1.807, 2.05) is 6.07 Å². The highest BCUT2D eigenvalue weighted by atomic mass is 32.2. The Bertz CT molecular complexity index is 1500. The highest BCUT2D eigenvalue weighted by molar-refractivity contribution is 7.89. The molecule has 0 unspecified atom stereocenters. The first-order valence-electron chi connectivity index (χ1n) is 8.63. The Morgan fingerprint density at radius 2 is 1.43 bits per heavy atom. The van der Waals surface area contributed by atoms with Crippen molar-refractivity contribution >= 4 is 30.9 Å². The third-order valence-corrected chi connectivity index (χ3v) is 6.38. The molecule has 2 aromatic carbocycles. The largest absolute Gasteiger partial charge is 0.263 e. The van der Waals surface area contributed by atoms with E-state index < -0.39 is 20.0 Å². The van der Waals surface area contributed by atoms with Gasteiger partial charge in [-0.15, -0.1) is 0 Å². The molecule has 30 heavy (non-hydrogen) atoms. The summed E-state index contributed by atoms with van der Waals surface area (Å²) in [5.41, 5.74) is 3.37. The fraction of sp³-hybridized carbons (Fsp3) is 0. The van der Waals surface area contributed by atoms with Gasteiger partial charge in [-0.3, -0.25) is 9.97 Å². The van der Waals surface area contributed by atoms with Crippen molar-refractivity contribution in [3.63, 3.8) is 0 Å². The van der Waals surface area contributed by atoms with Gasteiger partial charge in [0.1, 0.15) is 4.90 Å². The average molecular weight is 441 g/mol. The number of rotatable bonds is 4. The molecule has 0 atom stereocenters. The van der Waals surface area contributed by atoms with Gasteiger partial charge >= 0.3 is 0 Å². The van der Waals surface area contributed by atoms with Crippen molar-refractivity contribution in [1.82, 2.24) is 9.97 Å². The maximum Gasteiger partial charge on any atom is 0.239 e. The molecule has 8 nitrogen and oxygen atoms in total. The molecule has 4 N–H and O–H groups in total. The van der Waals surface area contributed by atoms with E-state index in [-0.39, 0.29) is 9.79 Å². The van der Waals surface area contributed by atoms with Gasteiger partial charge in [-0.05, 0) is 53.1 Å². The monoisotopic (exact) mass is 440 g/mol. The number of pyridine rings is 2. The molecule has 2 heterocycles. The standard InChI is InChI=1S/C20H16N4O4S2/c21-29(25,26)16-3-1-2-14(8-16)18-6-7-24-20-5-4-13(10-19(18)20)15-9-17(12-23-11-15)30(22,27)28/h1-12H,(H2,21,25,26)(H2,22,27,28). The number of hydrogen-bond donors (Lipinski definition) is 2.